The van der Waals surface area contributed by atoms with Gasteiger partial charge in [-0.25, -0.2) is 0 Å². The number of aromatic nitrogens is 2. The summed E-state index contributed by atoms with van der Waals surface area (Å²) in [7, 11) is 3.09. The van der Waals surface area contributed by atoms with Crippen LogP contribution in [0.15, 0.2) is 43.8 Å². The van der Waals surface area contributed by atoms with Gasteiger partial charge in [0.1, 0.15) is 0 Å². The van der Waals surface area contributed by atoms with Crippen molar-refractivity contribution in [1.29, 1.82) is 0 Å². The second-order valence-corrected chi connectivity index (χ2v) is 5.71. The molecule has 0 spiro atoms. The van der Waals surface area contributed by atoms with Crippen LogP contribution in [0.2, 0.25) is 0 Å². The summed E-state index contributed by atoms with van der Waals surface area (Å²) < 4.78 is 21.6. The van der Waals surface area contributed by atoms with Crippen LogP contribution in [0.4, 0.5) is 6.01 Å². The number of methoxy groups -OCH3 is 2. The number of halogens is 1. The lowest BCUT2D eigenvalue weighted by atomic mass is 10.1. The molecule has 0 aliphatic rings. The molecule has 1 amide bonds. The number of nitrogens with one attached hydrogen (secondary N) is 1. The molecule has 3 rings (SSSR count). The maximum absolute atomic E-state index is 12.1. The Kier molecular flexibility index (Phi) is 5.03. The molecule has 0 radical (unpaired) electrons. The number of hydrogen-bond acceptors (Lipinski definition) is 7. The van der Waals surface area contributed by atoms with Gasteiger partial charge < -0.3 is 18.3 Å². The van der Waals surface area contributed by atoms with Crippen LogP contribution in [0.1, 0.15) is 5.56 Å². The van der Waals surface area contributed by atoms with Crippen molar-refractivity contribution in [1.82, 2.24) is 10.2 Å². The van der Waals surface area contributed by atoms with Gasteiger partial charge in [0.25, 0.3) is 5.89 Å². The Morgan fingerprint density at radius 1 is 1.12 bits per heavy atom. The predicted octanol–water partition coefficient (Wildman–Crippen LogP) is 3.29. The fourth-order valence-electron chi connectivity index (χ4n) is 2.14. The van der Waals surface area contributed by atoms with E-state index in [1.54, 1.807) is 37.4 Å². The fourth-order valence-corrected chi connectivity index (χ4v) is 2.45. The molecule has 0 atom stereocenters. The molecular weight excluding hydrogens is 394 g/mol. The highest BCUT2D eigenvalue weighted by Crippen LogP contribution is 2.28. The highest BCUT2D eigenvalue weighted by Gasteiger charge is 2.15. The van der Waals surface area contributed by atoms with E-state index in [9.17, 15) is 4.79 Å². The maximum atomic E-state index is 12.1. The Balaban J connectivity index is 1.66. The molecular formula is C16H14BrN3O5. The molecule has 0 unspecified atom stereocenters. The Bertz CT molecular complexity index is 890. The first-order valence-electron chi connectivity index (χ1n) is 7.19. The minimum atomic E-state index is -0.303. The van der Waals surface area contributed by atoms with E-state index >= 15 is 0 Å². The van der Waals surface area contributed by atoms with Crippen molar-refractivity contribution < 1.29 is 23.1 Å². The van der Waals surface area contributed by atoms with Crippen LogP contribution in [-0.2, 0) is 11.2 Å². The minimum absolute atomic E-state index is 0.00648. The third-order valence-electron chi connectivity index (χ3n) is 3.27. The maximum Gasteiger partial charge on any atom is 0.322 e. The first-order chi connectivity index (χ1) is 12.1. The average Bonchev–Trinajstić information content (AvgIpc) is 3.23. The minimum Gasteiger partial charge on any atom is -0.493 e. The van der Waals surface area contributed by atoms with E-state index in [2.05, 4.69) is 31.4 Å². The summed E-state index contributed by atoms with van der Waals surface area (Å²) in [5.74, 6) is 1.42. The van der Waals surface area contributed by atoms with Crippen LogP contribution < -0.4 is 14.8 Å². The van der Waals surface area contributed by atoms with Crippen molar-refractivity contribution >= 4 is 27.9 Å². The number of benzene rings is 1. The van der Waals surface area contributed by atoms with Crippen LogP contribution in [0, 0.1) is 0 Å². The number of carbonyl (C=O) groups is 1. The molecule has 2 aromatic heterocycles. The zero-order valence-corrected chi connectivity index (χ0v) is 15.0. The number of carbonyl (C=O) groups excluding carboxylic acids is 1. The van der Waals surface area contributed by atoms with Gasteiger partial charge in [0, 0.05) is 0 Å². The van der Waals surface area contributed by atoms with Crippen molar-refractivity contribution in [3.05, 3.63) is 40.6 Å². The lowest BCUT2D eigenvalue weighted by Crippen LogP contribution is -2.14. The topological polar surface area (TPSA) is 99.6 Å². The van der Waals surface area contributed by atoms with Gasteiger partial charge in [-0.05, 0) is 45.8 Å². The molecule has 3 aromatic rings. The van der Waals surface area contributed by atoms with Crippen LogP contribution in [0.5, 0.6) is 11.5 Å². The zero-order chi connectivity index (χ0) is 17.8. The van der Waals surface area contributed by atoms with Crippen molar-refractivity contribution in [2.75, 3.05) is 19.5 Å². The predicted molar refractivity (Wildman–Crippen MR) is 91.6 cm³/mol. The van der Waals surface area contributed by atoms with Gasteiger partial charge in [-0.1, -0.05) is 11.2 Å². The fraction of sp³-hybridized carbons (Fsp3) is 0.188. The van der Waals surface area contributed by atoms with E-state index in [0.717, 1.165) is 5.56 Å². The smallest absolute Gasteiger partial charge is 0.322 e. The summed E-state index contributed by atoms with van der Waals surface area (Å²) in [6, 6.07) is 8.62. The molecule has 0 fully saturated rings. The molecule has 0 aliphatic heterocycles. The second kappa shape index (κ2) is 7.39. The lowest BCUT2D eigenvalue weighted by Gasteiger charge is -2.09. The van der Waals surface area contributed by atoms with E-state index < -0.39 is 0 Å². The molecule has 0 saturated heterocycles. The van der Waals surface area contributed by atoms with E-state index in [0.29, 0.717) is 21.9 Å². The summed E-state index contributed by atoms with van der Waals surface area (Å²) >= 11 is 3.19. The quantitative estimate of drug-likeness (QED) is 0.668. The van der Waals surface area contributed by atoms with Crippen molar-refractivity contribution in [3.8, 4) is 23.1 Å². The number of anilines is 1. The Morgan fingerprint density at radius 2 is 1.92 bits per heavy atom. The number of rotatable bonds is 6. The van der Waals surface area contributed by atoms with Crippen LogP contribution in [0.25, 0.3) is 11.7 Å². The van der Waals surface area contributed by atoms with Gasteiger partial charge in [0.2, 0.25) is 5.91 Å². The highest BCUT2D eigenvalue weighted by molar-refractivity contribution is 9.10. The largest absolute Gasteiger partial charge is 0.493 e. The van der Waals surface area contributed by atoms with Crippen molar-refractivity contribution in [3.63, 3.8) is 0 Å². The second-order valence-electron chi connectivity index (χ2n) is 4.93. The molecule has 9 heteroatoms. The Morgan fingerprint density at radius 3 is 2.60 bits per heavy atom. The monoisotopic (exact) mass is 407 g/mol. The third-order valence-corrected chi connectivity index (χ3v) is 3.69. The molecule has 8 nitrogen and oxygen atoms in total. The molecule has 2 heterocycles. The van der Waals surface area contributed by atoms with E-state index in [1.807, 2.05) is 0 Å². The number of hydrogen-bond donors (Lipinski definition) is 1. The van der Waals surface area contributed by atoms with Crippen molar-refractivity contribution in [2.45, 2.75) is 6.42 Å². The molecule has 0 bridgehead atoms. The standard InChI is InChI=1S/C16H14BrN3O5/c1-22-10-4-3-9(7-12(10)23-2)8-14(21)18-16-20-19-15(25-16)11-5-6-13(17)24-11/h3-7H,8H2,1-2H3,(H,18,20,21). The van der Waals surface area contributed by atoms with Gasteiger partial charge in [-0.3, -0.25) is 10.1 Å². The summed E-state index contributed by atoms with van der Waals surface area (Å²) in [6.07, 6.45) is 0.115. The lowest BCUT2D eigenvalue weighted by molar-refractivity contribution is -0.115. The molecule has 25 heavy (non-hydrogen) atoms. The van der Waals surface area contributed by atoms with Gasteiger partial charge in [-0.15, -0.1) is 5.10 Å². The van der Waals surface area contributed by atoms with E-state index in [1.165, 1.54) is 7.11 Å². The van der Waals surface area contributed by atoms with Crippen molar-refractivity contribution in [2.24, 2.45) is 0 Å². The van der Waals surface area contributed by atoms with Gasteiger partial charge in [0.05, 0.1) is 20.6 Å². The number of nitrogens with zero attached hydrogens (tertiary/aromatic N) is 2. The normalized spacial score (nSPS) is 10.5. The van der Waals surface area contributed by atoms with Crippen LogP contribution in [-0.4, -0.2) is 30.3 Å². The molecule has 1 aromatic carbocycles. The van der Waals surface area contributed by atoms with Gasteiger partial charge in [-0.2, -0.15) is 0 Å². The van der Waals surface area contributed by atoms with Gasteiger partial charge in [0.15, 0.2) is 21.9 Å². The number of ether oxygens (including phenoxy) is 2. The van der Waals surface area contributed by atoms with E-state index in [4.69, 9.17) is 18.3 Å². The molecule has 0 aliphatic carbocycles. The summed E-state index contributed by atoms with van der Waals surface area (Å²) in [6.45, 7) is 0. The number of furan rings is 1. The molecule has 130 valence electrons. The highest BCUT2D eigenvalue weighted by atomic mass is 79.9. The summed E-state index contributed by atoms with van der Waals surface area (Å²) in [5, 5.41) is 10.2. The van der Waals surface area contributed by atoms with E-state index in [-0.39, 0.29) is 24.2 Å². The zero-order valence-electron chi connectivity index (χ0n) is 13.4. The summed E-state index contributed by atoms with van der Waals surface area (Å²) in [4.78, 5) is 12.1. The summed E-state index contributed by atoms with van der Waals surface area (Å²) in [5.41, 5.74) is 0.754. The average molecular weight is 408 g/mol. The first-order valence-corrected chi connectivity index (χ1v) is 7.98. The Hall–Kier alpha value is -2.81. The first kappa shape index (κ1) is 17.0. The Labute approximate surface area is 151 Å². The SMILES string of the molecule is COc1ccc(CC(=O)Nc2nnc(-c3ccc(Br)o3)o2)cc1OC. The van der Waals surface area contributed by atoms with Gasteiger partial charge >= 0.3 is 6.01 Å². The molecule has 1 N–H and O–H groups in total. The number of amides is 1. The van der Waals surface area contributed by atoms with Crippen LogP contribution in [0.3, 0.4) is 0 Å². The third kappa shape index (κ3) is 4.00. The van der Waals surface area contributed by atoms with Crippen LogP contribution >= 0.6 is 15.9 Å². The molecule has 0 saturated carbocycles.